The summed E-state index contributed by atoms with van der Waals surface area (Å²) >= 11 is 0. The van der Waals surface area contributed by atoms with E-state index in [1.807, 2.05) is 33.2 Å². The molecule has 98 valence electrons. The standard InChI is InChI=1S/C14H17N5/c1-10-13(16-14(15)18-17-10)9-6-11-4-7-12(8-5-11)19(2)3/h4-9H,1-3H3,(H2,15,16,18)/b9-6-. The van der Waals surface area contributed by atoms with E-state index in [-0.39, 0.29) is 5.95 Å². The van der Waals surface area contributed by atoms with Crippen molar-refractivity contribution in [2.75, 3.05) is 24.7 Å². The Hall–Kier alpha value is -2.43. The highest BCUT2D eigenvalue weighted by Crippen LogP contribution is 2.14. The highest BCUT2D eigenvalue weighted by Gasteiger charge is 1.99. The summed E-state index contributed by atoms with van der Waals surface area (Å²) in [5.41, 5.74) is 9.29. The van der Waals surface area contributed by atoms with Crippen LogP contribution in [0.4, 0.5) is 11.6 Å². The number of aryl methyl sites for hydroxylation is 1. The maximum Gasteiger partial charge on any atom is 0.240 e. The zero-order valence-corrected chi connectivity index (χ0v) is 11.3. The number of rotatable bonds is 3. The molecule has 0 atom stereocenters. The summed E-state index contributed by atoms with van der Waals surface area (Å²) < 4.78 is 0. The minimum Gasteiger partial charge on any atom is -0.378 e. The van der Waals surface area contributed by atoms with E-state index in [1.54, 1.807) is 0 Å². The first-order valence-corrected chi connectivity index (χ1v) is 5.98. The van der Waals surface area contributed by atoms with Gasteiger partial charge < -0.3 is 10.6 Å². The van der Waals surface area contributed by atoms with Crippen LogP contribution in [0.15, 0.2) is 24.3 Å². The molecule has 0 bridgehead atoms. The lowest BCUT2D eigenvalue weighted by Gasteiger charge is -2.11. The number of hydrogen-bond acceptors (Lipinski definition) is 5. The Bertz CT molecular complexity index is 587. The van der Waals surface area contributed by atoms with Crippen molar-refractivity contribution in [3.8, 4) is 0 Å². The summed E-state index contributed by atoms with van der Waals surface area (Å²) in [6.45, 7) is 1.86. The number of hydrogen-bond donors (Lipinski definition) is 1. The van der Waals surface area contributed by atoms with E-state index >= 15 is 0 Å². The fourth-order valence-electron chi connectivity index (χ4n) is 1.62. The molecule has 1 aromatic heterocycles. The largest absolute Gasteiger partial charge is 0.378 e. The molecule has 1 heterocycles. The van der Waals surface area contributed by atoms with Crippen LogP contribution in [-0.4, -0.2) is 29.3 Å². The van der Waals surface area contributed by atoms with Crippen molar-refractivity contribution >= 4 is 23.8 Å². The highest BCUT2D eigenvalue weighted by molar-refractivity contribution is 5.70. The zero-order chi connectivity index (χ0) is 13.8. The van der Waals surface area contributed by atoms with E-state index in [1.165, 1.54) is 5.69 Å². The fraction of sp³-hybridized carbons (Fsp3) is 0.214. The second kappa shape index (κ2) is 5.48. The molecular formula is C14H17N5. The molecule has 0 aliphatic rings. The van der Waals surface area contributed by atoms with Crippen LogP contribution in [0.5, 0.6) is 0 Å². The van der Waals surface area contributed by atoms with Crippen LogP contribution in [0.3, 0.4) is 0 Å². The van der Waals surface area contributed by atoms with Crippen LogP contribution in [0.2, 0.25) is 0 Å². The first-order valence-electron chi connectivity index (χ1n) is 5.98. The number of nitrogens with zero attached hydrogens (tertiary/aromatic N) is 4. The van der Waals surface area contributed by atoms with Crippen molar-refractivity contribution in [1.82, 2.24) is 15.2 Å². The van der Waals surface area contributed by atoms with Crippen LogP contribution in [-0.2, 0) is 0 Å². The van der Waals surface area contributed by atoms with Crippen molar-refractivity contribution in [2.45, 2.75) is 6.92 Å². The molecule has 0 unspecified atom stereocenters. The average Bonchev–Trinajstić information content (AvgIpc) is 2.40. The van der Waals surface area contributed by atoms with E-state index in [2.05, 4.69) is 44.3 Å². The molecule has 0 spiro atoms. The SMILES string of the molecule is Cc1nnc(N)nc1/C=C\c1ccc(N(C)C)cc1. The minimum absolute atomic E-state index is 0.188. The quantitative estimate of drug-likeness (QED) is 0.908. The molecule has 5 heteroatoms. The normalized spacial score (nSPS) is 10.9. The molecule has 2 aromatic rings. The van der Waals surface area contributed by atoms with E-state index < -0.39 is 0 Å². The first-order chi connectivity index (χ1) is 9.06. The second-order valence-electron chi connectivity index (χ2n) is 4.46. The van der Waals surface area contributed by atoms with Gasteiger partial charge in [-0.3, -0.25) is 0 Å². The second-order valence-corrected chi connectivity index (χ2v) is 4.46. The molecule has 1 aromatic carbocycles. The van der Waals surface area contributed by atoms with E-state index in [9.17, 15) is 0 Å². The van der Waals surface area contributed by atoms with Gasteiger partial charge in [0, 0.05) is 19.8 Å². The van der Waals surface area contributed by atoms with Gasteiger partial charge in [-0.2, -0.15) is 0 Å². The van der Waals surface area contributed by atoms with Gasteiger partial charge in [-0.15, -0.1) is 10.2 Å². The molecule has 0 saturated carbocycles. The summed E-state index contributed by atoms with van der Waals surface area (Å²) in [5, 5.41) is 7.64. The van der Waals surface area contributed by atoms with Crippen molar-refractivity contribution in [3.05, 3.63) is 41.2 Å². The monoisotopic (exact) mass is 255 g/mol. The highest BCUT2D eigenvalue weighted by atomic mass is 15.2. The third-order valence-corrected chi connectivity index (χ3v) is 2.75. The number of aromatic nitrogens is 3. The van der Waals surface area contributed by atoms with Crippen LogP contribution < -0.4 is 10.6 Å². The molecule has 19 heavy (non-hydrogen) atoms. The van der Waals surface area contributed by atoms with Crippen LogP contribution >= 0.6 is 0 Å². The van der Waals surface area contributed by atoms with Gasteiger partial charge >= 0.3 is 0 Å². The number of nitrogen functional groups attached to an aromatic ring is 1. The molecule has 0 fully saturated rings. The Labute approximate surface area is 112 Å². The van der Waals surface area contributed by atoms with Crippen LogP contribution in [0.25, 0.3) is 12.2 Å². The average molecular weight is 255 g/mol. The maximum absolute atomic E-state index is 5.53. The Kier molecular flexibility index (Phi) is 3.75. The van der Waals surface area contributed by atoms with Crippen molar-refractivity contribution in [1.29, 1.82) is 0 Å². The van der Waals surface area contributed by atoms with Gasteiger partial charge in [-0.1, -0.05) is 18.2 Å². The van der Waals surface area contributed by atoms with Crippen molar-refractivity contribution in [3.63, 3.8) is 0 Å². The van der Waals surface area contributed by atoms with E-state index in [4.69, 9.17) is 5.73 Å². The van der Waals surface area contributed by atoms with Gasteiger partial charge in [0.05, 0.1) is 11.4 Å². The van der Waals surface area contributed by atoms with Gasteiger partial charge in [0.15, 0.2) is 0 Å². The van der Waals surface area contributed by atoms with Crippen molar-refractivity contribution < 1.29 is 0 Å². The van der Waals surface area contributed by atoms with Gasteiger partial charge in [0.2, 0.25) is 5.95 Å². The van der Waals surface area contributed by atoms with Gasteiger partial charge in [0.25, 0.3) is 0 Å². The summed E-state index contributed by atoms with van der Waals surface area (Å²) in [6.07, 6.45) is 3.88. The Morgan fingerprint density at radius 2 is 1.74 bits per heavy atom. The maximum atomic E-state index is 5.53. The number of benzene rings is 1. The minimum atomic E-state index is 0.188. The van der Waals surface area contributed by atoms with Crippen molar-refractivity contribution in [2.24, 2.45) is 0 Å². The Balaban J connectivity index is 2.20. The number of anilines is 2. The predicted octanol–water partition coefficient (Wildman–Crippen LogP) is 2.00. The molecule has 0 aliphatic carbocycles. The van der Waals surface area contributed by atoms with Gasteiger partial charge in [-0.25, -0.2) is 4.98 Å². The smallest absolute Gasteiger partial charge is 0.240 e. The van der Waals surface area contributed by atoms with E-state index in [0.29, 0.717) is 0 Å². The predicted molar refractivity (Wildman–Crippen MR) is 78.7 cm³/mol. The van der Waals surface area contributed by atoms with Gasteiger partial charge in [-0.05, 0) is 30.7 Å². The molecule has 0 radical (unpaired) electrons. The Morgan fingerprint density at radius 3 is 2.37 bits per heavy atom. The lowest BCUT2D eigenvalue weighted by Crippen LogP contribution is -2.07. The first kappa shape index (κ1) is 13.0. The Morgan fingerprint density at radius 1 is 1.05 bits per heavy atom. The van der Waals surface area contributed by atoms with Crippen LogP contribution in [0.1, 0.15) is 17.0 Å². The lowest BCUT2D eigenvalue weighted by molar-refractivity contribution is 0.932. The summed E-state index contributed by atoms with van der Waals surface area (Å²) in [7, 11) is 4.03. The van der Waals surface area contributed by atoms with Gasteiger partial charge in [0.1, 0.15) is 0 Å². The summed E-state index contributed by atoms with van der Waals surface area (Å²) in [6, 6.07) is 8.25. The summed E-state index contributed by atoms with van der Waals surface area (Å²) in [4.78, 5) is 6.20. The zero-order valence-electron chi connectivity index (χ0n) is 11.3. The molecule has 0 aliphatic heterocycles. The lowest BCUT2D eigenvalue weighted by atomic mass is 10.1. The molecular weight excluding hydrogens is 238 g/mol. The molecule has 0 amide bonds. The molecule has 5 nitrogen and oxygen atoms in total. The van der Waals surface area contributed by atoms with E-state index in [0.717, 1.165) is 17.0 Å². The molecule has 0 saturated heterocycles. The summed E-state index contributed by atoms with van der Waals surface area (Å²) in [5.74, 6) is 0.188. The third kappa shape index (κ3) is 3.28. The fourth-order valence-corrected chi connectivity index (χ4v) is 1.62. The molecule has 2 N–H and O–H groups in total. The van der Waals surface area contributed by atoms with Crippen LogP contribution in [0, 0.1) is 6.92 Å². The number of nitrogens with two attached hydrogens (primary N) is 1. The topological polar surface area (TPSA) is 67.9 Å². The third-order valence-electron chi connectivity index (χ3n) is 2.75. The molecule has 2 rings (SSSR count).